The zero-order valence-corrected chi connectivity index (χ0v) is 13.3. The van der Waals surface area contributed by atoms with Crippen molar-refractivity contribution in [2.24, 2.45) is 0 Å². The standard InChI is InChI=1S/C17H19Cl2N/c1-12-4-3-5-13(8-12)9-16(20-2)10-14-6-7-15(18)11-17(14)19/h3-8,11,16,20H,9-10H2,1-2H3. The van der Waals surface area contributed by atoms with Gasteiger partial charge < -0.3 is 5.32 Å². The second-order valence-electron chi connectivity index (χ2n) is 5.12. The molecule has 2 rings (SSSR count). The quantitative estimate of drug-likeness (QED) is 0.846. The molecule has 0 aromatic heterocycles. The zero-order chi connectivity index (χ0) is 14.5. The minimum absolute atomic E-state index is 0.357. The number of halogens is 2. The van der Waals surface area contributed by atoms with Gasteiger partial charge in [-0.2, -0.15) is 0 Å². The van der Waals surface area contributed by atoms with Crippen molar-refractivity contribution in [1.82, 2.24) is 5.32 Å². The SMILES string of the molecule is CNC(Cc1cccc(C)c1)Cc1ccc(Cl)cc1Cl. The first-order chi connectivity index (χ1) is 9.58. The van der Waals surface area contributed by atoms with Gasteiger partial charge in [-0.25, -0.2) is 0 Å². The van der Waals surface area contributed by atoms with Gasteiger partial charge in [0.05, 0.1) is 0 Å². The number of likely N-dealkylation sites (N-methyl/N-ethyl adjacent to an activating group) is 1. The largest absolute Gasteiger partial charge is 0.316 e. The molecule has 0 aliphatic carbocycles. The molecule has 0 saturated carbocycles. The molecule has 2 aromatic carbocycles. The van der Waals surface area contributed by atoms with Crippen LogP contribution in [0.15, 0.2) is 42.5 Å². The fourth-order valence-corrected chi connectivity index (χ4v) is 2.84. The Hall–Kier alpha value is -1.02. The van der Waals surface area contributed by atoms with Gasteiger partial charge in [0.15, 0.2) is 0 Å². The first-order valence-corrected chi connectivity index (χ1v) is 7.51. The number of rotatable bonds is 5. The molecule has 20 heavy (non-hydrogen) atoms. The maximum Gasteiger partial charge on any atom is 0.0453 e. The predicted octanol–water partition coefficient (Wildman–Crippen LogP) is 4.68. The summed E-state index contributed by atoms with van der Waals surface area (Å²) in [6.07, 6.45) is 1.87. The summed E-state index contributed by atoms with van der Waals surface area (Å²) in [5.41, 5.74) is 3.76. The van der Waals surface area contributed by atoms with Crippen LogP contribution in [0.1, 0.15) is 16.7 Å². The van der Waals surface area contributed by atoms with Crippen LogP contribution in [0.2, 0.25) is 10.0 Å². The Morgan fingerprint density at radius 2 is 1.85 bits per heavy atom. The second-order valence-corrected chi connectivity index (χ2v) is 5.96. The number of hydrogen-bond donors (Lipinski definition) is 1. The Morgan fingerprint density at radius 3 is 2.50 bits per heavy atom. The monoisotopic (exact) mass is 307 g/mol. The number of benzene rings is 2. The summed E-state index contributed by atoms with van der Waals surface area (Å²) in [5.74, 6) is 0. The average Bonchev–Trinajstić information content (AvgIpc) is 2.41. The van der Waals surface area contributed by atoms with Gasteiger partial charge in [0.1, 0.15) is 0 Å². The molecule has 0 saturated heterocycles. The molecule has 1 nitrogen and oxygen atoms in total. The smallest absolute Gasteiger partial charge is 0.0453 e. The first-order valence-electron chi connectivity index (χ1n) is 6.75. The molecule has 0 radical (unpaired) electrons. The minimum Gasteiger partial charge on any atom is -0.316 e. The Morgan fingerprint density at radius 1 is 1.05 bits per heavy atom. The van der Waals surface area contributed by atoms with Crippen molar-refractivity contribution in [3.05, 3.63) is 69.2 Å². The Kier molecular flexibility index (Phi) is 5.47. The molecular weight excluding hydrogens is 289 g/mol. The van der Waals surface area contributed by atoms with Crippen molar-refractivity contribution < 1.29 is 0 Å². The highest BCUT2D eigenvalue weighted by Crippen LogP contribution is 2.22. The summed E-state index contributed by atoms with van der Waals surface area (Å²) in [6, 6.07) is 14.7. The maximum absolute atomic E-state index is 6.25. The van der Waals surface area contributed by atoms with Gasteiger partial charge >= 0.3 is 0 Å². The third kappa shape index (κ3) is 4.24. The van der Waals surface area contributed by atoms with Crippen LogP contribution in [-0.4, -0.2) is 13.1 Å². The van der Waals surface area contributed by atoms with Gasteiger partial charge in [-0.05, 0) is 50.1 Å². The molecule has 106 valence electrons. The van der Waals surface area contributed by atoms with Crippen LogP contribution in [0.3, 0.4) is 0 Å². The summed E-state index contributed by atoms with van der Waals surface area (Å²) < 4.78 is 0. The van der Waals surface area contributed by atoms with Gasteiger partial charge in [-0.3, -0.25) is 0 Å². The van der Waals surface area contributed by atoms with E-state index in [0.717, 1.165) is 23.4 Å². The van der Waals surface area contributed by atoms with E-state index in [2.05, 4.69) is 36.5 Å². The number of hydrogen-bond acceptors (Lipinski definition) is 1. The lowest BCUT2D eigenvalue weighted by Gasteiger charge is -2.17. The van der Waals surface area contributed by atoms with E-state index in [1.54, 1.807) is 6.07 Å². The summed E-state index contributed by atoms with van der Waals surface area (Å²) in [5, 5.41) is 4.79. The van der Waals surface area contributed by atoms with Crippen molar-refractivity contribution in [3.8, 4) is 0 Å². The molecule has 3 heteroatoms. The Bertz CT molecular complexity index is 581. The van der Waals surface area contributed by atoms with E-state index in [9.17, 15) is 0 Å². The van der Waals surface area contributed by atoms with Crippen molar-refractivity contribution in [3.63, 3.8) is 0 Å². The first kappa shape index (κ1) is 15.4. The minimum atomic E-state index is 0.357. The van der Waals surface area contributed by atoms with Crippen LogP contribution in [0, 0.1) is 6.92 Å². The molecule has 0 heterocycles. The zero-order valence-electron chi connectivity index (χ0n) is 11.8. The molecule has 0 bridgehead atoms. The van der Waals surface area contributed by atoms with E-state index >= 15 is 0 Å². The highest BCUT2D eigenvalue weighted by Gasteiger charge is 2.11. The van der Waals surface area contributed by atoms with E-state index in [1.165, 1.54) is 11.1 Å². The van der Waals surface area contributed by atoms with E-state index in [1.807, 2.05) is 19.2 Å². The van der Waals surface area contributed by atoms with E-state index in [4.69, 9.17) is 23.2 Å². The van der Waals surface area contributed by atoms with Gasteiger partial charge in [0.25, 0.3) is 0 Å². The lowest BCUT2D eigenvalue weighted by Crippen LogP contribution is -2.30. The summed E-state index contributed by atoms with van der Waals surface area (Å²) >= 11 is 12.2. The average molecular weight is 308 g/mol. The van der Waals surface area contributed by atoms with Crippen LogP contribution in [0.25, 0.3) is 0 Å². The molecule has 1 unspecified atom stereocenters. The lowest BCUT2D eigenvalue weighted by molar-refractivity contribution is 0.556. The van der Waals surface area contributed by atoms with Crippen LogP contribution in [0.4, 0.5) is 0 Å². The third-order valence-electron chi connectivity index (χ3n) is 3.45. The Labute approximate surface area is 130 Å². The molecule has 0 aliphatic heterocycles. The third-order valence-corrected chi connectivity index (χ3v) is 4.04. The summed E-state index contributed by atoms with van der Waals surface area (Å²) in [4.78, 5) is 0. The molecular formula is C17H19Cl2N. The fraction of sp³-hybridized carbons (Fsp3) is 0.294. The molecule has 0 fully saturated rings. The summed E-state index contributed by atoms with van der Waals surface area (Å²) in [7, 11) is 1.99. The topological polar surface area (TPSA) is 12.0 Å². The predicted molar refractivity (Wildman–Crippen MR) is 87.9 cm³/mol. The van der Waals surface area contributed by atoms with Gasteiger partial charge in [-0.1, -0.05) is 59.1 Å². The van der Waals surface area contributed by atoms with Crippen LogP contribution < -0.4 is 5.32 Å². The normalized spacial score (nSPS) is 12.4. The molecule has 0 aliphatic rings. The van der Waals surface area contributed by atoms with Crippen LogP contribution in [0.5, 0.6) is 0 Å². The van der Waals surface area contributed by atoms with Crippen LogP contribution >= 0.6 is 23.2 Å². The van der Waals surface area contributed by atoms with Gasteiger partial charge in [-0.15, -0.1) is 0 Å². The van der Waals surface area contributed by atoms with Gasteiger partial charge in [0, 0.05) is 16.1 Å². The molecule has 2 aromatic rings. The molecule has 0 amide bonds. The molecule has 1 atom stereocenters. The second kappa shape index (κ2) is 7.12. The highest BCUT2D eigenvalue weighted by atomic mass is 35.5. The van der Waals surface area contributed by atoms with Crippen molar-refractivity contribution in [2.45, 2.75) is 25.8 Å². The van der Waals surface area contributed by atoms with E-state index in [-0.39, 0.29) is 0 Å². The molecule has 0 spiro atoms. The van der Waals surface area contributed by atoms with E-state index < -0.39 is 0 Å². The summed E-state index contributed by atoms with van der Waals surface area (Å²) in [6.45, 7) is 2.12. The van der Waals surface area contributed by atoms with Crippen molar-refractivity contribution >= 4 is 23.2 Å². The van der Waals surface area contributed by atoms with Crippen molar-refractivity contribution in [1.29, 1.82) is 0 Å². The lowest BCUT2D eigenvalue weighted by atomic mass is 9.98. The van der Waals surface area contributed by atoms with E-state index in [0.29, 0.717) is 11.1 Å². The van der Waals surface area contributed by atoms with Gasteiger partial charge in [0.2, 0.25) is 0 Å². The van der Waals surface area contributed by atoms with Crippen molar-refractivity contribution in [2.75, 3.05) is 7.05 Å². The molecule has 1 N–H and O–H groups in total. The highest BCUT2D eigenvalue weighted by molar-refractivity contribution is 6.35. The Balaban J connectivity index is 2.09. The number of aryl methyl sites for hydroxylation is 1. The van der Waals surface area contributed by atoms with Crippen LogP contribution in [-0.2, 0) is 12.8 Å². The fourth-order valence-electron chi connectivity index (χ4n) is 2.35. The number of nitrogens with one attached hydrogen (secondary N) is 1. The maximum atomic E-state index is 6.25.